The molecule has 0 radical (unpaired) electrons. The number of nitrogens with zero attached hydrogens (tertiary/aromatic N) is 5. The Hall–Kier alpha value is -4.90. The molecule has 0 unspecified atom stereocenters. The summed E-state index contributed by atoms with van der Waals surface area (Å²) in [5.74, 6) is -0.0209. The Bertz CT molecular complexity index is 2250. The molecule has 2 saturated heterocycles. The Morgan fingerprint density at radius 1 is 0.896 bits per heavy atom. The Balaban J connectivity index is 0.839. The standard InChI is InChI=1S/C51H71N9O5S2/c1-34(36-20-22-37(23-21-36)46-35(2)55-33-66-46)56-48(64)41-29-39(61)32-60(41)49(65)47(50(3,4)5)58-44(63)19-14-12-10-8-7-9-11-13-18-43(62)57-38-16-15-17-40(28-38)67-45-31-53-42(30-54-45)59-26-24-51(6,52)25-27-59/h15-17,20-23,28,30-31,33-34,39,41,47,61H,7-14,18-19,24-27,29,32,52H2,1-6H3,(H,56,64)(H,57,62)(H,58,63)/t34-,39+,41-,47+/m0/s1. The summed E-state index contributed by atoms with van der Waals surface area (Å²) in [7, 11) is 0. The van der Waals surface area contributed by atoms with E-state index in [0.29, 0.717) is 19.3 Å². The van der Waals surface area contributed by atoms with Crippen molar-refractivity contribution in [2.24, 2.45) is 11.1 Å². The number of carbonyl (C=O) groups excluding carboxylic acids is 4. The molecule has 14 nitrogen and oxygen atoms in total. The molecule has 4 atom stereocenters. The number of benzene rings is 2. The minimum atomic E-state index is -0.856. The number of amides is 4. The molecule has 4 amide bonds. The monoisotopic (exact) mass is 954 g/mol. The van der Waals surface area contributed by atoms with Crippen molar-refractivity contribution in [3.8, 4) is 10.4 Å². The van der Waals surface area contributed by atoms with Crippen molar-refractivity contribution in [1.29, 1.82) is 0 Å². The fourth-order valence-electron chi connectivity index (χ4n) is 8.63. The van der Waals surface area contributed by atoms with Gasteiger partial charge < -0.3 is 36.6 Å². The van der Waals surface area contributed by atoms with Crippen LogP contribution in [0.3, 0.4) is 0 Å². The minimum Gasteiger partial charge on any atom is -0.391 e. The zero-order valence-corrected chi connectivity index (χ0v) is 41.8. The quantitative estimate of drug-likeness (QED) is 0.0502. The van der Waals surface area contributed by atoms with Gasteiger partial charge in [-0.2, -0.15) is 0 Å². The van der Waals surface area contributed by atoms with Crippen LogP contribution in [-0.4, -0.2) is 91.9 Å². The van der Waals surface area contributed by atoms with Crippen LogP contribution in [0.15, 0.2) is 76.4 Å². The van der Waals surface area contributed by atoms with Crippen molar-refractivity contribution in [2.45, 2.75) is 165 Å². The van der Waals surface area contributed by atoms with Gasteiger partial charge in [0, 0.05) is 55.0 Å². The van der Waals surface area contributed by atoms with E-state index in [9.17, 15) is 24.3 Å². The lowest BCUT2D eigenvalue weighted by atomic mass is 9.85. The van der Waals surface area contributed by atoms with E-state index in [4.69, 9.17) is 5.73 Å². The number of β-amino-alcohol motifs (C(OH)–C–C–N with tert-alkyl or cyclic N) is 1. The summed E-state index contributed by atoms with van der Waals surface area (Å²) in [6.07, 6.45) is 13.1. The smallest absolute Gasteiger partial charge is 0.246 e. The topological polar surface area (TPSA) is 196 Å². The van der Waals surface area contributed by atoms with Crippen molar-refractivity contribution in [3.63, 3.8) is 0 Å². The van der Waals surface area contributed by atoms with Crippen LogP contribution in [0.1, 0.15) is 135 Å². The minimum absolute atomic E-state index is 0.00396. The number of anilines is 2. The molecule has 16 heteroatoms. The molecular weight excluding hydrogens is 883 g/mol. The van der Waals surface area contributed by atoms with Gasteiger partial charge in [-0.1, -0.05) is 101 Å². The molecule has 2 fully saturated rings. The van der Waals surface area contributed by atoms with Gasteiger partial charge in [0.1, 0.15) is 22.9 Å². The lowest BCUT2D eigenvalue weighted by Crippen LogP contribution is -2.57. The molecule has 6 rings (SSSR count). The van der Waals surface area contributed by atoms with E-state index in [-0.39, 0.29) is 48.2 Å². The Kier molecular flexibility index (Phi) is 18.4. The number of unbranched alkanes of at least 4 members (excludes halogenated alkanes) is 7. The highest BCUT2D eigenvalue weighted by Gasteiger charge is 2.44. The molecule has 0 aliphatic carbocycles. The second kappa shape index (κ2) is 23.9. The molecule has 4 heterocycles. The third kappa shape index (κ3) is 15.3. The van der Waals surface area contributed by atoms with Crippen molar-refractivity contribution >= 4 is 58.2 Å². The maximum atomic E-state index is 14.1. The van der Waals surface area contributed by atoms with Gasteiger partial charge in [-0.05, 0) is 81.2 Å². The average molecular weight is 954 g/mol. The molecule has 2 aromatic heterocycles. The fraction of sp³-hybridized carbons (Fsp3) is 0.549. The number of hydrogen-bond acceptors (Lipinski definition) is 12. The lowest BCUT2D eigenvalue weighted by molar-refractivity contribution is -0.144. The predicted molar refractivity (Wildman–Crippen MR) is 268 cm³/mol. The molecule has 2 aliphatic rings. The number of nitrogens with two attached hydrogens (primary N) is 1. The molecule has 0 spiro atoms. The molecule has 0 saturated carbocycles. The number of piperidine rings is 1. The largest absolute Gasteiger partial charge is 0.391 e. The third-order valence-corrected chi connectivity index (χ3v) is 14.7. The summed E-state index contributed by atoms with van der Waals surface area (Å²) in [4.78, 5) is 73.0. The SMILES string of the molecule is Cc1ncsc1-c1ccc([C@H](C)NC(=O)[C@@H]2C[C@@H](O)CN2C(=O)[C@@H](NC(=O)CCCCCCCCCCC(=O)Nc2cccc(Sc3cnc(N4CCC(C)(N)CC4)cn3)c2)C(C)(C)C)cc1. The van der Waals surface area contributed by atoms with Gasteiger partial charge >= 0.3 is 0 Å². The molecule has 362 valence electrons. The van der Waals surface area contributed by atoms with Crippen molar-refractivity contribution in [1.82, 2.24) is 30.5 Å². The highest BCUT2D eigenvalue weighted by atomic mass is 32.2. The Labute approximate surface area is 405 Å². The van der Waals surface area contributed by atoms with Crippen LogP contribution in [0.4, 0.5) is 11.5 Å². The second-order valence-electron chi connectivity index (χ2n) is 19.7. The number of hydrogen-bond donors (Lipinski definition) is 5. The first-order chi connectivity index (χ1) is 32.0. The van der Waals surface area contributed by atoms with Gasteiger partial charge in [0.2, 0.25) is 23.6 Å². The first kappa shape index (κ1) is 51.5. The van der Waals surface area contributed by atoms with E-state index in [2.05, 4.69) is 42.7 Å². The van der Waals surface area contributed by atoms with Crippen LogP contribution in [0.2, 0.25) is 0 Å². The van der Waals surface area contributed by atoms with Gasteiger partial charge in [-0.15, -0.1) is 11.3 Å². The van der Waals surface area contributed by atoms with Crippen LogP contribution in [0.5, 0.6) is 0 Å². The number of aromatic nitrogens is 3. The molecule has 6 N–H and O–H groups in total. The number of likely N-dealkylation sites (tertiary alicyclic amines) is 1. The van der Waals surface area contributed by atoms with Crippen LogP contribution < -0.4 is 26.6 Å². The van der Waals surface area contributed by atoms with E-state index >= 15 is 0 Å². The van der Waals surface area contributed by atoms with Crippen LogP contribution >= 0.6 is 23.1 Å². The van der Waals surface area contributed by atoms with Crippen molar-refractivity contribution < 1.29 is 24.3 Å². The fourth-order valence-corrected chi connectivity index (χ4v) is 10.2. The number of aryl methyl sites for hydroxylation is 1. The summed E-state index contributed by atoms with van der Waals surface area (Å²) in [5.41, 5.74) is 11.1. The van der Waals surface area contributed by atoms with E-state index in [1.54, 1.807) is 17.5 Å². The second-order valence-corrected chi connectivity index (χ2v) is 21.7. The van der Waals surface area contributed by atoms with Gasteiger partial charge in [-0.25, -0.2) is 15.0 Å². The molecule has 2 aliphatic heterocycles. The summed E-state index contributed by atoms with van der Waals surface area (Å²) < 4.78 is 0. The van der Waals surface area contributed by atoms with E-state index in [1.807, 2.05) is 94.9 Å². The van der Waals surface area contributed by atoms with E-state index in [0.717, 1.165) is 114 Å². The first-order valence-corrected chi connectivity index (χ1v) is 25.7. The first-order valence-electron chi connectivity index (χ1n) is 24.0. The zero-order chi connectivity index (χ0) is 48.1. The summed E-state index contributed by atoms with van der Waals surface area (Å²) in [6.45, 7) is 13.4. The van der Waals surface area contributed by atoms with Crippen LogP contribution in [0.25, 0.3) is 10.4 Å². The van der Waals surface area contributed by atoms with Crippen LogP contribution in [0, 0.1) is 12.3 Å². The molecule has 0 bridgehead atoms. The van der Waals surface area contributed by atoms with Gasteiger partial charge in [0.25, 0.3) is 0 Å². The molecule has 2 aromatic carbocycles. The maximum absolute atomic E-state index is 14.1. The predicted octanol–water partition coefficient (Wildman–Crippen LogP) is 8.59. The normalized spacial score (nSPS) is 18.0. The summed E-state index contributed by atoms with van der Waals surface area (Å²) in [6, 6.07) is 13.8. The van der Waals surface area contributed by atoms with Gasteiger partial charge in [-0.3, -0.25) is 19.2 Å². The summed E-state index contributed by atoms with van der Waals surface area (Å²) in [5, 5.41) is 20.5. The molecular formula is C51H71N9O5S2. The number of nitrogens with one attached hydrogen (secondary N) is 3. The molecule has 67 heavy (non-hydrogen) atoms. The zero-order valence-electron chi connectivity index (χ0n) is 40.2. The molecule has 4 aromatic rings. The average Bonchev–Trinajstić information content (AvgIpc) is 3.91. The van der Waals surface area contributed by atoms with Crippen molar-refractivity contribution in [3.05, 3.63) is 77.7 Å². The number of rotatable bonds is 21. The number of thiazole rings is 1. The van der Waals surface area contributed by atoms with Gasteiger partial charge in [0.15, 0.2) is 0 Å². The lowest BCUT2D eigenvalue weighted by Gasteiger charge is -2.37. The number of aliphatic hydroxyl groups is 1. The third-order valence-electron chi connectivity index (χ3n) is 12.8. The van der Waals surface area contributed by atoms with Gasteiger partial charge in [0.05, 0.1) is 40.6 Å². The highest BCUT2D eigenvalue weighted by Crippen LogP contribution is 2.32. The summed E-state index contributed by atoms with van der Waals surface area (Å²) >= 11 is 3.10. The van der Waals surface area contributed by atoms with E-state index in [1.165, 1.54) is 16.7 Å². The maximum Gasteiger partial charge on any atom is 0.246 e. The number of carbonyl (C=O) groups is 4. The van der Waals surface area contributed by atoms with Crippen molar-refractivity contribution in [2.75, 3.05) is 29.9 Å². The Morgan fingerprint density at radius 3 is 2.16 bits per heavy atom. The number of aliphatic hydroxyl groups excluding tert-OH is 1. The van der Waals surface area contributed by atoms with Crippen LogP contribution in [-0.2, 0) is 19.2 Å². The Morgan fingerprint density at radius 2 is 1.55 bits per heavy atom. The van der Waals surface area contributed by atoms with E-state index < -0.39 is 23.6 Å². The highest BCUT2D eigenvalue weighted by molar-refractivity contribution is 7.99.